The summed E-state index contributed by atoms with van der Waals surface area (Å²) in [4.78, 5) is 34.3. The topological polar surface area (TPSA) is 76.5 Å². The van der Waals surface area contributed by atoms with Crippen LogP contribution in [-0.4, -0.2) is 33.6 Å². The van der Waals surface area contributed by atoms with Crippen LogP contribution in [0.1, 0.15) is 51.5 Å². The maximum Gasteiger partial charge on any atom is 0.318 e. The minimum atomic E-state index is -0.419. The third-order valence-corrected chi connectivity index (χ3v) is 6.38. The Hall–Kier alpha value is -4.13. The lowest BCUT2D eigenvalue weighted by Gasteiger charge is -2.33. The van der Waals surface area contributed by atoms with Crippen molar-refractivity contribution in [3.05, 3.63) is 101 Å². The van der Waals surface area contributed by atoms with E-state index >= 15 is 0 Å². The summed E-state index contributed by atoms with van der Waals surface area (Å²) in [5, 5.41) is 3.61. The Morgan fingerprint density at radius 1 is 0.974 bits per heavy atom. The fraction of sp³-hybridized carbons (Fsp3) is 0.323. The molecular weight excluding hydrogens is 476 g/mol. The van der Waals surface area contributed by atoms with Crippen molar-refractivity contribution in [2.45, 2.75) is 46.7 Å². The molecule has 1 heterocycles. The van der Waals surface area contributed by atoms with Crippen LogP contribution in [0.2, 0.25) is 0 Å². The second-order valence-corrected chi connectivity index (χ2v) is 9.67. The first-order chi connectivity index (χ1) is 18.4. The summed E-state index contributed by atoms with van der Waals surface area (Å²) >= 11 is 0. The Bertz CT molecular complexity index is 1420. The van der Waals surface area contributed by atoms with E-state index < -0.39 is 6.04 Å². The number of carbonyl (C=O) groups excluding carboxylic acids is 1. The molecule has 0 radical (unpaired) electrons. The largest absolute Gasteiger partial charge is 0.494 e. The second kappa shape index (κ2) is 12.4. The lowest BCUT2D eigenvalue weighted by atomic mass is 10.1. The fourth-order valence-electron chi connectivity index (χ4n) is 4.64. The van der Waals surface area contributed by atoms with Crippen molar-refractivity contribution in [3.8, 4) is 11.4 Å². The molecule has 2 amide bonds. The van der Waals surface area contributed by atoms with E-state index in [1.54, 1.807) is 10.6 Å². The van der Waals surface area contributed by atoms with Gasteiger partial charge < -0.3 is 15.0 Å². The lowest BCUT2D eigenvalue weighted by molar-refractivity contribution is 0.158. The van der Waals surface area contributed by atoms with Crippen LogP contribution in [0.4, 0.5) is 4.79 Å². The molecule has 4 aromatic rings. The molecule has 0 aliphatic heterocycles. The number of nitrogens with one attached hydrogen (secondary N) is 1. The van der Waals surface area contributed by atoms with Gasteiger partial charge in [0.25, 0.3) is 5.56 Å². The zero-order valence-corrected chi connectivity index (χ0v) is 22.6. The molecule has 38 heavy (non-hydrogen) atoms. The van der Waals surface area contributed by atoms with Gasteiger partial charge in [-0.2, -0.15) is 0 Å². The smallest absolute Gasteiger partial charge is 0.318 e. The average Bonchev–Trinajstić information content (AvgIpc) is 2.93. The molecule has 1 unspecified atom stereocenters. The highest BCUT2D eigenvalue weighted by atomic mass is 16.5. The van der Waals surface area contributed by atoms with Crippen LogP contribution < -0.4 is 15.6 Å². The first-order valence-corrected chi connectivity index (χ1v) is 13.3. The summed E-state index contributed by atoms with van der Waals surface area (Å²) in [5.41, 5.74) is 2.15. The van der Waals surface area contributed by atoms with Crippen molar-refractivity contribution < 1.29 is 9.53 Å². The van der Waals surface area contributed by atoms with Gasteiger partial charge >= 0.3 is 6.03 Å². The van der Waals surface area contributed by atoms with E-state index in [4.69, 9.17) is 9.72 Å². The molecule has 4 rings (SSSR count). The van der Waals surface area contributed by atoms with Gasteiger partial charge in [0.1, 0.15) is 11.6 Å². The molecule has 1 aromatic heterocycles. The Balaban J connectivity index is 1.81. The van der Waals surface area contributed by atoms with Crippen LogP contribution in [0.25, 0.3) is 16.6 Å². The van der Waals surface area contributed by atoms with E-state index in [2.05, 4.69) is 19.2 Å². The molecule has 3 aromatic carbocycles. The third kappa shape index (κ3) is 6.05. The number of benzene rings is 3. The summed E-state index contributed by atoms with van der Waals surface area (Å²) in [6.45, 7) is 9.61. The van der Waals surface area contributed by atoms with Gasteiger partial charge in [0.15, 0.2) is 0 Å². The normalized spacial score (nSPS) is 11.9. The van der Waals surface area contributed by atoms with Crippen LogP contribution in [0.5, 0.6) is 5.75 Å². The van der Waals surface area contributed by atoms with E-state index in [0.717, 1.165) is 11.3 Å². The van der Waals surface area contributed by atoms with Gasteiger partial charge in [-0.25, -0.2) is 9.78 Å². The summed E-state index contributed by atoms with van der Waals surface area (Å²) in [7, 11) is 0. The van der Waals surface area contributed by atoms with Crippen molar-refractivity contribution in [2.24, 2.45) is 5.92 Å². The number of para-hydroxylation sites is 1. The molecule has 198 valence electrons. The molecule has 7 nitrogen and oxygen atoms in total. The first-order valence-electron chi connectivity index (χ1n) is 13.3. The summed E-state index contributed by atoms with van der Waals surface area (Å²) in [5.74, 6) is 1.49. The maximum atomic E-state index is 13.9. The number of carbonyl (C=O) groups is 1. The zero-order valence-electron chi connectivity index (χ0n) is 22.6. The van der Waals surface area contributed by atoms with Crippen LogP contribution in [0, 0.1) is 5.92 Å². The molecule has 0 fully saturated rings. The molecule has 1 atom stereocenters. The second-order valence-electron chi connectivity index (χ2n) is 9.67. The van der Waals surface area contributed by atoms with Crippen LogP contribution >= 0.6 is 0 Å². The summed E-state index contributed by atoms with van der Waals surface area (Å²) < 4.78 is 7.25. The van der Waals surface area contributed by atoms with Crippen molar-refractivity contribution in [1.29, 1.82) is 0 Å². The van der Waals surface area contributed by atoms with Gasteiger partial charge in [-0.15, -0.1) is 0 Å². The standard InChI is InChI=1S/C31H36N4O3/c1-5-28(34(21-22(3)4)31(37)32-20-23-12-8-7-9-13-23)29-33-27-15-11-10-14-26(27)30(36)35(29)24-16-18-25(19-17-24)38-6-2/h7-19,22,28H,5-6,20-21H2,1-4H3,(H,32,37). The van der Waals surface area contributed by atoms with E-state index in [1.807, 2.05) is 91.5 Å². The number of aromatic nitrogens is 2. The maximum absolute atomic E-state index is 13.9. The molecule has 0 bridgehead atoms. The number of urea groups is 1. The van der Waals surface area contributed by atoms with Crippen LogP contribution in [0.3, 0.4) is 0 Å². The number of nitrogens with zero attached hydrogens (tertiary/aromatic N) is 3. The zero-order chi connectivity index (χ0) is 27.1. The van der Waals surface area contributed by atoms with Gasteiger partial charge in [-0.1, -0.05) is 63.2 Å². The average molecular weight is 513 g/mol. The quantitative estimate of drug-likeness (QED) is 0.278. The molecule has 7 heteroatoms. The summed E-state index contributed by atoms with van der Waals surface area (Å²) in [6.07, 6.45) is 0.591. The van der Waals surface area contributed by atoms with Gasteiger partial charge in [-0.3, -0.25) is 9.36 Å². The van der Waals surface area contributed by atoms with Gasteiger partial charge in [0.2, 0.25) is 0 Å². The fourth-order valence-corrected chi connectivity index (χ4v) is 4.64. The monoisotopic (exact) mass is 512 g/mol. The first kappa shape index (κ1) is 26.9. The molecule has 0 saturated carbocycles. The number of hydrogen-bond donors (Lipinski definition) is 1. The van der Waals surface area contributed by atoms with Crippen LogP contribution in [0.15, 0.2) is 83.7 Å². The SMILES string of the molecule is CCOc1ccc(-n2c(C(CC)N(CC(C)C)C(=O)NCc3ccccc3)nc3ccccc3c2=O)cc1. The van der Waals surface area contributed by atoms with Gasteiger partial charge in [0, 0.05) is 13.1 Å². The van der Waals surface area contributed by atoms with Crippen LogP contribution in [-0.2, 0) is 6.54 Å². The molecular formula is C31H36N4O3. The van der Waals surface area contributed by atoms with Crippen molar-refractivity contribution in [3.63, 3.8) is 0 Å². The third-order valence-electron chi connectivity index (χ3n) is 6.38. The minimum Gasteiger partial charge on any atom is -0.494 e. The molecule has 1 N–H and O–H groups in total. The predicted octanol–water partition coefficient (Wildman–Crippen LogP) is 6.10. The highest BCUT2D eigenvalue weighted by molar-refractivity contribution is 5.78. The minimum absolute atomic E-state index is 0.164. The molecule has 0 aliphatic carbocycles. The highest BCUT2D eigenvalue weighted by Gasteiger charge is 2.29. The van der Waals surface area contributed by atoms with E-state index in [-0.39, 0.29) is 17.5 Å². The molecule has 0 spiro atoms. The number of hydrogen-bond acceptors (Lipinski definition) is 4. The Morgan fingerprint density at radius 2 is 1.66 bits per heavy atom. The number of fused-ring (bicyclic) bond motifs is 1. The lowest BCUT2D eigenvalue weighted by Crippen LogP contribution is -2.45. The number of ether oxygens (including phenoxy) is 1. The van der Waals surface area contributed by atoms with Crippen molar-refractivity contribution >= 4 is 16.9 Å². The Labute approximate surface area is 224 Å². The van der Waals surface area contributed by atoms with Gasteiger partial charge in [-0.05, 0) is 61.2 Å². The van der Waals surface area contributed by atoms with Crippen molar-refractivity contribution in [2.75, 3.05) is 13.2 Å². The van der Waals surface area contributed by atoms with E-state index in [1.165, 1.54) is 0 Å². The van der Waals surface area contributed by atoms with E-state index in [9.17, 15) is 9.59 Å². The van der Waals surface area contributed by atoms with Gasteiger partial charge in [0.05, 0.1) is 29.2 Å². The highest BCUT2D eigenvalue weighted by Crippen LogP contribution is 2.27. The Morgan fingerprint density at radius 3 is 2.32 bits per heavy atom. The van der Waals surface area contributed by atoms with E-state index in [0.29, 0.717) is 48.5 Å². The van der Waals surface area contributed by atoms with Crippen molar-refractivity contribution in [1.82, 2.24) is 19.8 Å². The summed E-state index contributed by atoms with van der Waals surface area (Å²) in [6, 6.07) is 24.0. The molecule has 0 saturated heterocycles. The number of amides is 2. The molecule has 0 aliphatic rings. The number of rotatable bonds is 10. The predicted molar refractivity (Wildman–Crippen MR) is 152 cm³/mol. The Kier molecular flexibility index (Phi) is 8.79.